The molecule has 0 radical (unpaired) electrons. The van der Waals surface area contributed by atoms with Crippen LogP contribution in [-0.4, -0.2) is 36.2 Å². The van der Waals surface area contributed by atoms with Crippen LogP contribution >= 0.6 is 23.1 Å². The van der Waals surface area contributed by atoms with Gasteiger partial charge in [0, 0.05) is 22.3 Å². The summed E-state index contributed by atoms with van der Waals surface area (Å²) in [7, 11) is 0. The van der Waals surface area contributed by atoms with Crippen LogP contribution in [0.3, 0.4) is 0 Å². The summed E-state index contributed by atoms with van der Waals surface area (Å²) in [4.78, 5) is 21.0. The standard InChI is InChI=1S/C18H15FN6OS2/c1-10-7-11(2)25-16(20-10)23-24-18(25)28-9-15(26)22-17-21-14(8-27-17)12-3-5-13(19)6-4-12/h3-8H,9H2,1-2H3,(H,21,22,26). The number of amides is 1. The number of anilines is 1. The monoisotopic (exact) mass is 414 g/mol. The molecule has 0 spiro atoms. The number of aromatic nitrogens is 5. The number of aryl methyl sites for hydroxylation is 2. The molecule has 1 amide bonds. The number of thiazole rings is 1. The first-order chi connectivity index (χ1) is 13.5. The molecule has 0 aliphatic carbocycles. The molecule has 4 aromatic rings. The molecule has 28 heavy (non-hydrogen) atoms. The van der Waals surface area contributed by atoms with E-state index in [1.807, 2.05) is 29.7 Å². The number of hydrogen-bond acceptors (Lipinski definition) is 7. The van der Waals surface area contributed by atoms with Gasteiger partial charge in [-0.15, -0.1) is 21.5 Å². The first-order valence-electron chi connectivity index (χ1n) is 8.33. The molecule has 142 valence electrons. The second kappa shape index (κ2) is 7.64. The minimum absolute atomic E-state index is 0.166. The fourth-order valence-corrected chi connectivity index (χ4v) is 4.19. The Morgan fingerprint density at radius 3 is 2.79 bits per heavy atom. The maximum absolute atomic E-state index is 13.0. The van der Waals surface area contributed by atoms with E-state index < -0.39 is 0 Å². The molecule has 0 aliphatic rings. The van der Waals surface area contributed by atoms with E-state index in [1.54, 1.807) is 12.1 Å². The molecule has 3 heterocycles. The van der Waals surface area contributed by atoms with Gasteiger partial charge in [-0.05, 0) is 44.2 Å². The predicted octanol–water partition coefficient (Wildman–Crippen LogP) is 3.73. The van der Waals surface area contributed by atoms with Crippen molar-refractivity contribution in [2.75, 3.05) is 11.1 Å². The SMILES string of the molecule is Cc1cc(C)n2c(SCC(=O)Nc3nc(-c4ccc(F)cc4)cs3)nnc2n1. The molecule has 0 saturated carbocycles. The summed E-state index contributed by atoms with van der Waals surface area (Å²) in [5.74, 6) is 0.189. The Bertz CT molecular complexity index is 1150. The van der Waals surface area contributed by atoms with E-state index in [-0.39, 0.29) is 17.5 Å². The van der Waals surface area contributed by atoms with Crippen molar-refractivity contribution in [3.63, 3.8) is 0 Å². The molecular weight excluding hydrogens is 399 g/mol. The summed E-state index contributed by atoms with van der Waals surface area (Å²) in [6.07, 6.45) is 0. The van der Waals surface area contributed by atoms with Crippen molar-refractivity contribution >= 4 is 39.9 Å². The molecule has 1 aromatic carbocycles. The van der Waals surface area contributed by atoms with Crippen LogP contribution in [0.2, 0.25) is 0 Å². The highest BCUT2D eigenvalue weighted by Gasteiger charge is 2.13. The number of nitrogens with one attached hydrogen (secondary N) is 1. The molecule has 4 rings (SSSR count). The zero-order valence-electron chi connectivity index (χ0n) is 15.0. The van der Waals surface area contributed by atoms with Gasteiger partial charge in [-0.25, -0.2) is 14.4 Å². The molecule has 0 aliphatic heterocycles. The van der Waals surface area contributed by atoms with Gasteiger partial charge >= 0.3 is 0 Å². The zero-order valence-corrected chi connectivity index (χ0v) is 16.6. The molecule has 0 bridgehead atoms. The third-order valence-corrected chi connectivity index (χ3v) is 5.57. The average Bonchev–Trinajstić information content (AvgIpc) is 3.27. The Labute approximate surface area is 168 Å². The van der Waals surface area contributed by atoms with Crippen LogP contribution in [0, 0.1) is 19.7 Å². The third kappa shape index (κ3) is 3.87. The second-order valence-electron chi connectivity index (χ2n) is 6.04. The van der Waals surface area contributed by atoms with E-state index in [9.17, 15) is 9.18 Å². The van der Waals surface area contributed by atoms with Gasteiger partial charge in [0.15, 0.2) is 10.3 Å². The van der Waals surface area contributed by atoms with Crippen molar-refractivity contribution in [2.45, 2.75) is 19.0 Å². The number of fused-ring (bicyclic) bond motifs is 1. The van der Waals surface area contributed by atoms with Gasteiger partial charge in [0.1, 0.15) is 5.82 Å². The Morgan fingerprint density at radius 2 is 2.00 bits per heavy atom. The molecule has 0 atom stereocenters. The lowest BCUT2D eigenvalue weighted by Crippen LogP contribution is -2.14. The van der Waals surface area contributed by atoms with Crippen LogP contribution < -0.4 is 5.32 Å². The average molecular weight is 414 g/mol. The molecule has 3 aromatic heterocycles. The largest absolute Gasteiger partial charge is 0.301 e. The fraction of sp³-hybridized carbons (Fsp3) is 0.167. The van der Waals surface area contributed by atoms with Crippen molar-refractivity contribution in [1.82, 2.24) is 24.6 Å². The van der Waals surface area contributed by atoms with E-state index in [2.05, 4.69) is 25.5 Å². The minimum Gasteiger partial charge on any atom is -0.301 e. The molecule has 1 N–H and O–H groups in total. The minimum atomic E-state index is -0.300. The van der Waals surface area contributed by atoms with Gasteiger partial charge in [0.05, 0.1) is 11.4 Å². The number of carbonyl (C=O) groups excluding carboxylic acids is 1. The summed E-state index contributed by atoms with van der Waals surface area (Å²) in [6, 6.07) is 8.00. The van der Waals surface area contributed by atoms with Crippen molar-refractivity contribution in [2.24, 2.45) is 0 Å². The number of thioether (sulfide) groups is 1. The lowest BCUT2D eigenvalue weighted by Gasteiger charge is -2.04. The van der Waals surface area contributed by atoms with Crippen LogP contribution in [-0.2, 0) is 4.79 Å². The maximum Gasteiger partial charge on any atom is 0.256 e. The van der Waals surface area contributed by atoms with Crippen LogP contribution in [0.25, 0.3) is 17.0 Å². The lowest BCUT2D eigenvalue weighted by atomic mass is 10.2. The number of rotatable bonds is 5. The Morgan fingerprint density at radius 1 is 1.21 bits per heavy atom. The van der Waals surface area contributed by atoms with Gasteiger partial charge in [-0.3, -0.25) is 9.20 Å². The zero-order chi connectivity index (χ0) is 19.7. The first-order valence-corrected chi connectivity index (χ1v) is 10.2. The maximum atomic E-state index is 13.0. The summed E-state index contributed by atoms with van der Waals surface area (Å²) in [5.41, 5.74) is 3.31. The molecule has 0 unspecified atom stereocenters. The normalized spacial score (nSPS) is 11.1. The number of carbonyl (C=O) groups is 1. The van der Waals surface area contributed by atoms with Gasteiger partial charge < -0.3 is 5.32 Å². The Hall–Kier alpha value is -2.85. The van der Waals surface area contributed by atoms with Crippen LogP contribution in [0.15, 0.2) is 40.9 Å². The topological polar surface area (TPSA) is 85.1 Å². The van der Waals surface area contributed by atoms with Crippen molar-refractivity contribution < 1.29 is 9.18 Å². The van der Waals surface area contributed by atoms with Crippen LogP contribution in [0.1, 0.15) is 11.4 Å². The van der Waals surface area contributed by atoms with Gasteiger partial charge in [-0.1, -0.05) is 11.8 Å². The number of hydrogen-bond donors (Lipinski definition) is 1. The number of halogens is 1. The Balaban J connectivity index is 1.41. The van der Waals surface area contributed by atoms with E-state index >= 15 is 0 Å². The van der Waals surface area contributed by atoms with Crippen molar-refractivity contribution in [3.05, 3.63) is 52.9 Å². The molecular formula is C18H15FN6OS2. The van der Waals surface area contributed by atoms with E-state index in [0.717, 1.165) is 17.0 Å². The molecule has 0 saturated heterocycles. The smallest absolute Gasteiger partial charge is 0.256 e. The predicted molar refractivity (Wildman–Crippen MR) is 107 cm³/mol. The molecule has 7 nitrogen and oxygen atoms in total. The van der Waals surface area contributed by atoms with E-state index in [1.165, 1.54) is 35.2 Å². The van der Waals surface area contributed by atoms with Gasteiger partial charge in [0.2, 0.25) is 5.91 Å². The van der Waals surface area contributed by atoms with Gasteiger partial charge in [-0.2, -0.15) is 0 Å². The van der Waals surface area contributed by atoms with Crippen molar-refractivity contribution in [1.29, 1.82) is 0 Å². The lowest BCUT2D eigenvalue weighted by molar-refractivity contribution is -0.113. The number of nitrogens with zero attached hydrogens (tertiary/aromatic N) is 5. The summed E-state index contributed by atoms with van der Waals surface area (Å²) in [5, 5.41) is 13.9. The van der Waals surface area contributed by atoms with Crippen LogP contribution in [0.5, 0.6) is 0 Å². The molecule has 0 fully saturated rings. The summed E-state index contributed by atoms with van der Waals surface area (Å²) < 4.78 is 14.9. The molecule has 10 heteroatoms. The quantitative estimate of drug-likeness (QED) is 0.501. The first kappa shape index (κ1) is 18.5. The third-order valence-electron chi connectivity index (χ3n) is 3.89. The highest BCUT2D eigenvalue weighted by atomic mass is 32.2. The van der Waals surface area contributed by atoms with Gasteiger partial charge in [0.25, 0.3) is 5.78 Å². The summed E-state index contributed by atoms with van der Waals surface area (Å²) >= 11 is 2.60. The highest BCUT2D eigenvalue weighted by molar-refractivity contribution is 7.99. The van der Waals surface area contributed by atoms with Crippen molar-refractivity contribution in [3.8, 4) is 11.3 Å². The van der Waals surface area contributed by atoms with E-state index in [0.29, 0.717) is 21.8 Å². The van der Waals surface area contributed by atoms with Crippen LogP contribution in [0.4, 0.5) is 9.52 Å². The highest BCUT2D eigenvalue weighted by Crippen LogP contribution is 2.25. The fourth-order valence-electron chi connectivity index (χ4n) is 2.66. The second-order valence-corrected chi connectivity index (χ2v) is 7.84. The Kier molecular flexibility index (Phi) is 5.05. The number of benzene rings is 1. The van der Waals surface area contributed by atoms with E-state index in [4.69, 9.17) is 0 Å². The summed E-state index contributed by atoms with van der Waals surface area (Å²) in [6.45, 7) is 3.85.